The molecule has 1 aromatic carbocycles. The van der Waals surface area contributed by atoms with Gasteiger partial charge in [-0.1, -0.05) is 32.1 Å². The van der Waals surface area contributed by atoms with Gasteiger partial charge < -0.3 is 10.6 Å². The van der Waals surface area contributed by atoms with Crippen LogP contribution in [0.25, 0.3) is 0 Å². The van der Waals surface area contributed by atoms with Crippen molar-refractivity contribution in [2.24, 2.45) is 0 Å². The molecule has 0 aliphatic rings. The lowest BCUT2D eigenvalue weighted by atomic mass is 10.0. The smallest absolute Gasteiger partial charge is 0.275 e. The van der Waals surface area contributed by atoms with E-state index < -0.39 is 0 Å². The van der Waals surface area contributed by atoms with Crippen molar-refractivity contribution in [2.45, 2.75) is 19.8 Å². The molecule has 0 fully saturated rings. The number of anilines is 2. The molecule has 0 aliphatic heterocycles. The molecule has 5 nitrogen and oxygen atoms in total. The monoisotopic (exact) mass is 296 g/mol. The second-order valence-corrected chi connectivity index (χ2v) is 5.19. The van der Waals surface area contributed by atoms with Gasteiger partial charge in [0.05, 0.1) is 12.4 Å². The van der Waals surface area contributed by atoms with Crippen molar-refractivity contribution in [3.05, 3.63) is 60.6 Å². The molecule has 0 bridgehead atoms. The summed E-state index contributed by atoms with van der Waals surface area (Å²) in [5.41, 5.74) is 2.25. The molecule has 1 amide bonds. The van der Waals surface area contributed by atoms with Crippen LogP contribution in [0.5, 0.6) is 0 Å². The van der Waals surface area contributed by atoms with E-state index in [4.69, 9.17) is 0 Å². The number of carbonyl (C=O) groups excluding carboxylic acids is 1. The van der Waals surface area contributed by atoms with Gasteiger partial charge in [0.1, 0.15) is 11.5 Å². The number of carbonyl (C=O) groups is 1. The van der Waals surface area contributed by atoms with Gasteiger partial charge in [-0.15, -0.1) is 6.58 Å². The molecule has 0 unspecified atom stereocenters. The lowest BCUT2D eigenvalue weighted by Gasteiger charge is -2.08. The van der Waals surface area contributed by atoms with Crippen molar-refractivity contribution in [3.8, 4) is 0 Å². The predicted octanol–water partition coefficient (Wildman–Crippen LogP) is 3.45. The number of rotatable bonds is 6. The van der Waals surface area contributed by atoms with Crippen LogP contribution in [0.4, 0.5) is 11.5 Å². The van der Waals surface area contributed by atoms with Crippen LogP contribution in [0.3, 0.4) is 0 Å². The van der Waals surface area contributed by atoms with Crippen LogP contribution in [-0.4, -0.2) is 22.4 Å². The predicted molar refractivity (Wildman–Crippen MR) is 89.2 cm³/mol. The Hall–Kier alpha value is -2.69. The molecule has 2 aromatic rings. The zero-order valence-electron chi connectivity index (χ0n) is 12.8. The lowest BCUT2D eigenvalue weighted by Crippen LogP contribution is -2.14. The number of hydrogen-bond donors (Lipinski definition) is 2. The molecule has 5 heteroatoms. The van der Waals surface area contributed by atoms with Crippen molar-refractivity contribution in [1.82, 2.24) is 9.97 Å². The maximum Gasteiger partial charge on any atom is 0.275 e. The molecule has 0 saturated heterocycles. The fourth-order valence-corrected chi connectivity index (χ4v) is 1.86. The summed E-state index contributed by atoms with van der Waals surface area (Å²) in [6, 6.07) is 7.80. The molecule has 0 atom stereocenters. The number of benzene rings is 1. The minimum Gasteiger partial charge on any atom is -0.365 e. The van der Waals surface area contributed by atoms with Crippen molar-refractivity contribution in [2.75, 3.05) is 17.2 Å². The number of aromatic nitrogens is 2. The first-order valence-corrected chi connectivity index (χ1v) is 7.18. The molecule has 2 N–H and O–H groups in total. The van der Waals surface area contributed by atoms with Crippen molar-refractivity contribution >= 4 is 17.4 Å². The molecular formula is C17H20N4O. The summed E-state index contributed by atoms with van der Waals surface area (Å²) >= 11 is 0. The Balaban J connectivity index is 2.00. The van der Waals surface area contributed by atoms with E-state index in [0.717, 1.165) is 5.69 Å². The van der Waals surface area contributed by atoms with E-state index in [1.165, 1.54) is 18.0 Å². The molecule has 0 radical (unpaired) electrons. The Bertz CT molecular complexity index is 633. The van der Waals surface area contributed by atoms with Crippen LogP contribution in [-0.2, 0) is 0 Å². The Morgan fingerprint density at radius 2 is 1.95 bits per heavy atom. The average Bonchev–Trinajstić information content (AvgIpc) is 2.54. The second-order valence-electron chi connectivity index (χ2n) is 5.19. The average molecular weight is 296 g/mol. The summed E-state index contributed by atoms with van der Waals surface area (Å²) in [4.78, 5) is 20.3. The van der Waals surface area contributed by atoms with Gasteiger partial charge >= 0.3 is 0 Å². The van der Waals surface area contributed by atoms with E-state index in [9.17, 15) is 4.79 Å². The molecule has 1 heterocycles. The number of nitrogens with one attached hydrogen (secondary N) is 2. The topological polar surface area (TPSA) is 66.9 Å². The largest absolute Gasteiger partial charge is 0.365 e. The zero-order chi connectivity index (χ0) is 15.9. The van der Waals surface area contributed by atoms with Crippen LogP contribution < -0.4 is 10.6 Å². The number of hydrogen-bond acceptors (Lipinski definition) is 4. The molecule has 114 valence electrons. The number of amides is 1. The van der Waals surface area contributed by atoms with Crippen molar-refractivity contribution < 1.29 is 4.79 Å². The Kier molecular flexibility index (Phi) is 5.25. The molecule has 0 spiro atoms. The van der Waals surface area contributed by atoms with Gasteiger partial charge in [0.15, 0.2) is 0 Å². The molecule has 0 aliphatic carbocycles. The molecule has 0 saturated carbocycles. The van der Waals surface area contributed by atoms with E-state index in [0.29, 0.717) is 18.3 Å². The SMILES string of the molecule is C=CCNc1cnc(C(=O)Nc2ccc(C(C)C)cc2)cn1. The quantitative estimate of drug-likeness (QED) is 0.801. The fraction of sp³-hybridized carbons (Fsp3) is 0.235. The van der Waals surface area contributed by atoms with Crippen LogP contribution in [0.15, 0.2) is 49.3 Å². The second kappa shape index (κ2) is 7.36. The maximum atomic E-state index is 12.1. The van der Waals surface area contributed by atoms with Gasteiger partial charge in [-0.2, -0.15) is 0 Å². The standard InChI is InChI=1S/C17H20N4O/c1-4-9-18-16-11-19-15(10-20-16)17(22)21-14-7-5-13(6-8-14)12(2)3/h4-8,10-12H,1,9H2,2-3H3,(H,18,20)(H,21,22). The third-order valence-electron chi connectivity index (χ3n) is 3.15. The summed E-state index contributed by atoms with van der Waals surface area (Å²) in [5.74, 6) is 0.795. The van der Waals surface area contributed by atoms with E-state index in [2.05, 4.69) is 41.0 Å². The number of nitrogens with zero attached hydrogens (tertiary/aromatic N) is 2. The van der Waals surface area contributed by atoms with Gasteiger partial charge in [-0.05, 0) is 23.6 Å². The fourth-order valence-electron chi connectivity index (χ4n) is 1.86. The van der Waals surface area contributed by atoms with E-state index >= 15 is 0 Å². The highest BCUT2D eigenvalue weighted by molar-refractivity contribution is 6.02. The van der Waals surface area contributed by atoms with E-state index in [-0.39, 0.29) is 11.6 Å². The highest BCUT2D eigenvalue weighted by atomic mass is 16.1. The Labute approximate surface area is 130 Å². The summed E-state index contributed by atoms with van der Waals surface area (Å²) in [6.45, 7) is 8.47. The summed E-state index contributed by atoms with van der Waals surface area (Å²) < 4.78 is 0. The van der Waals surface area contributed by atoms with Gasteiger partial charge in [-0.25, -0.2) is 9.97 Å². The Morgan fingerprint density at radius 1 is 1.23 bits per heavy atom. The van der Waals surface area contributed by atoms with Gasteiger partial charge in [0.25, 0.3) is 5.91 Å². The first-order chi connectivity index (χ1) is 10.6. The lowest BCUT2D eigenvalue weighted by molar-refractivity contribution is 0.102. The minimum absolute atomic E-state index is 0.275. The first-order valence-electron chi connectivity index (χ1n) is 7.18. The first kappa shape index (κ1) is 15.7. The van der Waals surface area contributed by atoms with Crippen LogP contribution >= 0.6 is 0 Å². The maximum absolute atomic E-state index is 12.1. The minimum atomic E-state index is -0.278. The molecule has 2 rings (SSSR count). The van der Waals surface area contributed by atoms with Gasteiger partial charge in [0.2, 0.25) is 0 Å². The summed E-state index contributed by atoms with van der Waals surface area (Å²) in [7, 11) is 0. The summed E-state index contributed by atoms with van der Waals surface area (Å²) in [6.07, 6.45) is 4.70. The van der Waals surface area contributed by atoms with Crippen molar-refractivity contribution in [1.29, 1.82) is 0 Å². The van der Waals surface area contributed by atoms with Gasteiger partial charge in [0, 0.05) is 12.2 Å². The third-order valence-corrected chi connectivity index (χ3v) is 3.15. The highest BCUT2D eigenvalue weighted by Crippen LogP contribution is 2.17. The van der Waals surface area contributed by atoms with Crippen LogP contribution in [0, 0.1) is 0 Å². The van der Waals surface area contributed by atoms with E-state index in [1.807, 2.05) is 24.3 Å². The molecule has 22 heavy (non-hydrogen) atoms. The summed E-state index contributed by atoms with van der Waals surface area (Å²) in [5, 5.41) is 5.81. The molecular weight excluding hydrogens is 276 g/mol. The van der Waals surface area contributed by atoms with Crippen molar-refractivity contribution in [3.63, 3.8) is 0 Å². The van der Waals surface area contributed by atoms with Crippen LogP contribution in [0.2, 0.25) is 0 Å². The van der Waals surface area contributed by atoms with Crippen LogP contribution in [0.1, 0.15) is 35.8 Å². The van der Waals surface area contributed by atoms with Gasteiger partial charge in [-0.3, -0.25) is 4.79 Å². The molecule has 1 aromatic heterocycles. The highest BCUT2D eigenvalue weighted by Gasteiger charge is 2.08. The third kappa shape index (κ3) is 4.15. The zero-order valence-corrected chi connectivity index (χ0v) is 12.8. The normalized spacial score (nSPS) is 10.3. The Morgan fingerprint density at radius 3 is 2.50 bits per heavy atom. The van der Waals surface area contributed by atoms with E-state index in [1.54, 1.807) is 6.08 Å².